The van der Waals surface area contributed by atoms with E-state index in [4.69, 9.17) is 5.11 Å². The van der Waals surface area contributed by atoms with Gasteiger partial charge in [0.1, 0.15) is 12.1 Å². The van der Waals surface area contributed by atoms with Gasteiger partial charge in [-0.05, 0) is 12.8 Å². The number of nitrogens with zero attached hydrogens (tertiary/aromatic N) is 2. The molecule has 2 atom stereocenters. The summed E-state index contributed by atoms with van der Waals surface area (Å²) in [7, 11) is 1.54. The van der Waals surface area contributed by atoms with E-state index in [1.165, 1.54) is 28.6 Å². The molecule has 2 saturated heterocycles. The van der Waals surface area contributed by atoms with Crippen LogP contribution in [0, 0.1) is 0 Å². The number of hydrogen-bond donors (Lipinski definition) is 2. The number of carboxylic acid groups (broad SMARTS) is 1. The molecule has 2 fully saturated rings. The largest absolute Gasteiger partial charge is 0.480 e. The molecule has 7 nitrogen and oxygen atoms in total. The summed E-state index contributed by atoms with van der Waals surface area (Å²) in [6.07, 6.45) is 1.40. The summed E-state index contributed by atoms with van der Waals surface area (Å²) in [5.74, 6) is -0.412. The Labute approximate surface area is 115 Å². The molecule has 2 aliphatic heterocycles. The summed E-state index contributed by atoms with van der Waals surface area (Å²) in [4.78, 5) is 38.0. The van der Waals surface area contributed by atoms with E-state index in [1.54, 1.807) is 0 Å². The number of carboxylic acids is 1. The lowest BCUT2D eigenvalue weighted by Crippen LogP contribution is -2.53. The standard InChI is InChI=1S/C11H17N3O4S/c1-12-9(15)7-3-2-4-13(7)11(18)14-6-19-5-8(14)10(16)17/h7-8H,2-6H2,1H3,(H,12,15)(H,16,17). The van der Waals surface area contributed by atoms with E-state index in [1.807, 2.05) is 0 Å². The Morgan fingerprint density at radius 2 is 2.00 bits per heavy atom. The van der Waals surface area contributed by atoms with Crippen molar-refractivity contribution in [2.24, 2.45) is 0 Å². The first kappa shape index (κ1) is 14.0. The molecule has 0 aliphatic carbocycles. The minimum atomic E-state index is -0.992. The second-order valence-electron chi connectivity index (χ2n) is 4.57. The third-order valence-corrected chi connectivity index (χ3v) is 4.47. The lowest BCUT2D eigenvalue weighted by molar-refractivity contribution is -0.140. The second-order valence-corrected chi connectivity index (χ2v) is 5.57. The summed E-state index contributed by atoms with van der Waals surface area (Å²) in [6.45, 7) is 0.504. The first-order valence-corrected chi connectivity index (χ1v) is 7.31. The Bertz CT molecular complexity index is 403. The van der Waals surface area contributed by atoms with Crippen molar-refractivity contribution in [2.75, 3.05) is 25.2 Å². The highest BCUT2D eigenvalue weighted by Gasteiger charge is 2.41. The van der Waals surface area contributed by atoms with Gasteiger partial charge in [0.25, 0.3) is 0 Å². The number of urea groups is 1. The zero-order chi connectivity index (χ0) is 14.0. The van der Waals surface area contributed by atoms with Crippen LogP contribution in [-0.4, -0.2) is 70.1 Å². The molecular weight excluding hydrogens is 270 g/mol. The van der Waals surface area contributed by atoms with Crippen molar-refractivity contribution >= 4 is 29.7 Å². The number of nitrogens with one attached hydrogen (secondary N) is 1. The Hall–Kier alpha value is -1.44. The van der Waals surface area contributed by atoms with Gasteiger partial charge in [-0.3, -0.25) is 4.79 Å². The fraction of sp³-hybridized carbons (Fsp3) is 0.727. The summed E-state index contributed by atoms with van der Waals surface area (Å²) in [6, 6.07) is -1.61. The molecule has 0 saturated carbocycles. The highest BCUT2D eigenvalue weighted by molar-refractivity contribution is 7.99. The average Bonchev–Trinajstić information content (AvgIpc) is 3.05. The van der Waals surface area contributed by atoms with Crippen LogP contribution in [0.25, 0.3) is 0 Å². The number of carbonyl (C=O) groups excluding carboxylic acids is 2. The van der Waals surface area contributed by atoms with Crippen LogP contribution >= 0.6 is 11.8 Å². The van der Waals surface area contributed by atoms with Crippen LogP contribution in [0.1, 0.15) is 12.8 Å². The molecule has 0 radical (unpaired) electrons. The SMILES string of the molecule is CNC(=O)C1CCCN1C(=O)N1CSCC1C(=O)O. The Morgan fingerprint density at radius 1 is 1.26 bits per heavy atom. The van der Waals surface area contributed by atoms with E-state index >= 15 is 0 Å². The van der Waals surface area contributed by atoms with Crippen LogP contribution in [-0.2, 0) is 9.59 Å². The Kier molecular flexibility index (Phi) is 4.18. The molecule has 2 rings (SSSR count). The third-order valence-electron chi connectivity index (χ3n) is 3.46. The van der Waals surface area contributed by atoms with Crippen LogP contribution in [0.2, 0.25) is 0 Å². The number of aliphatic carboxylic acids is 1. The van der Waals surface area contributed by atoms with Crippen molar-refractivity contribution in [3.05, 3.63) is 0 Å². The molecule has 3 amide bonds. The predicted octanol–water partition coefficient (Wildman–Crippen LogP) is -0.224. The maximum absolute atomic E-state index is 12.4. The minimum Gasteiger partial charge on any atom is -0.480 e. The second kappa shape index (κ2) is 5.68. The van der Waals surface area contributed by atoms with Crippen LogP contribution in [0.3, 0.4) is 0 Å². The van der Waals surface area contributed by atoms with Crippen LogP contribution in [0.15, 0.2) is 0 Å². The van der Waals surface area contributed by atoms with Crippen molar-refractivity contribution in [3.63, 3.8) is 0 Å². The number of likely N-dealkylation sites (tertiary alicyclic amines) is 1. The van der Waals surface area contributed by atoms with Crippen molar-refractivity contribution in [1.29, 1.82) is 0 Å². The third kappa shape index (κ3) is 2.63. The highest BCUT2D eigenvalue weighted by Crippen LogP contribution is 2.26. The smallest absolute Gasteiger partial charge is 0.327 e. The van der Waals surface area contributed by atoms with E-state index in [2.05, 4.69) is 5.32 Å². The summed E-state index contributed by atoms with van der Waals surface area (Å²) in [5, 5.41) is 11.6. The molecule has 19 heavy (non-hydrogen) atoms. The fourth-order valence-corrected chi connectivity index (χ4v) is 3.57. The summed E-state index contributed by atoms with van der Waals surface area (Å²) in [5.41, 5.74) is 0. The van der Waals surface area contributed by atoms with E-state index < -0.39 is 18.1 Å². The van der Waals surface area contributed by atoms with Gasteiger partial charge in [-0.2, -0.15) is 0 Å². The average molecular weight is 287 g/mol. The molecule has 2 N–H and O–H groups in total. The lowest BCUT2D eigenvalue weighted by atomic mass is 10.2. The normalized spacial score (nSPS) is 26.6. The Morgan fingerprint density at radius 3 is 2.63 bits per heavy atom. The van der Waals surface area contributed by atoms with Crippen molar-refractivity contribution < 1.29 is 19.5 Å². The Balaban J connectivity index is 2.10. The van der Waals surface area contributed by atoms with Crippen molar-refractivity contribution in [3.8, 4) is 0 Å². The highest BCUT2D eigenvalue weighted by atomic mass is 32.2. The van der Waals surface area contributed by atoms with Gasteiger partial charge in [0.05, 0.1) is 5.88 Å². The van der Waals surface area contributed by atoms with Gasteiger partial charge < -0.3 is 20.2 Å². The van der Waals surface area contributed by atoms with Gasteiger partial charge in [-0.15, -0.1) is 11.8 Å². The first-order chi connectivity index (χ1) is 9.06. The molecule has 2 aliphatic rings. The molecule has 0 aromatic carbocycles. The molecule has 0 bridgehead atoms. The number of amides is 3. The van der Waals surface area contributed by atoms with Crippen molar-refractivity contribution in [2.45, 2.75) is 24.9 Å². The number of likely N-dealkylation sites (N-methyl/N-ethyl adjacent to an activating group) is 1. The predicted molar refractivity (Wildman–Crippen MR) is 69.8 cm³/mol. The minimum absolute atomic E-state index is 0.190. The van der Waals surface area contributed by atoms with Gasteiger partial charge in [0.15, 0.2) is 0 Å². The molecule has 8 heteroatoms. The maximum atomic E-state index is 12.4. The summed E-state index contributed by atoms with van der Waals surface area (Å²) < 4.78 is 0. The lowest BCUT2D eigenvalue weighted by Gasteiger charge is -2.30. The molecule has 2 unspecified atom stereocenters. The molecule has 2 heterocycles. The van der Waals surface area contributed by atoms with Gasteiger partial charge in [-0.1, -0.05) is 0 Å². The fourth-order valence-electron chi connectivity index (χ4n) is 2.44. The monoisotopic (exact) mass is 287 g/mol. The first-order valence-electron chi connectivity index (χ1n) is 6.15. The van der Waals surface area contributed by atoms with E-state index in [-0.39, 0.29) is 11.9 Å². The molecule has 0 spiro atoms. The van der Waals surface area contributed by atoms with Crippen molar-refractivity contribution in [1.82, 2.24) is 15.1 Å². The topological polar surface area (TPSA) is 90.0 Å². The van der Waals surface area contributed by atoms with Gasteiger partial charge in [-0.25, -0.2) is 9.59 Å². The number of rotatable bonds is 2. The molecular formula is C11H17N3O4S. The number of carbonyl (C=O) groups is 3. The molecule has 106 valence electrons. The van der Waals surface area contributed by atoms with E-state index in [9.17, 15) is 14.4 Å². The van der Waals surface area contributed by atoms with E-state index in [0.29, 0.717) is 24.6 Å². The van der Waals surface area contributed by atoms with Gasteiger partial charge in [0.2, 0.25) is 5.91 Å². The van der Waals surface area contributed by atoms with Gasteiger partial charge in [0, 0.05) is 19.3 Å². The summed E-state index contributed by atoms with van der Waals surface area (Å²) >= 11 is 1.42. The maximum Gasteiger partial charge on any atom is 0.327 e. The van der Waals surface area contributed by atoms with Crippen LogP contribution < -0.4 is 5.32 Å². The van der Waals surface area contributed by atoms with E-state index in [0.717, 1.165) is 6.42 Å². The number of thioether (sulfide) groups is 1. The molecule has 0 aromatic heterocycles. The zero-order valence-electron chi connectivity index (χ0n) is 10.7. The molecule has 0 aromatic rings. The quantitative estimate of drug-likeness (QED) is 0.732. The van der Waals surface area contributed by atoms with Gasteiger partial charge >= 0.3 is 12.0 Å². The van der Waals surface area contributed by atoms with Crippen LogP contribution in [0.5, 0.6) is 0 Å². The van der Waals surface area contributed by atoms with Crippen LogP contribution in [0.4, 0.5) is 4.79 Å². The number of hydrogen-bond acceptors (Lipinski definition) is 4. The zero-order valence-corrected chi connectivity index (χ0v) is 11.5.